The normalized spacial score (nSPS) is 11.6. The lowest BCUT2D eigenvalue weighted by Crippen LogP contribution is -2.35. The van der Waals surface area contributed by atoms with Crippen molar-refractivity contribution >= 4 is 11.9 Å². The molecule has 1 N–H and O–H groups in total. The fourth-order valence-electron chi connectivity index (χ4n) is 2.23. The Morgan fingerprint density at radius 2 is 2.04 bits per heavy atom. The average Bonchev–Trinajstić information content (AvgIpc) is 3.22. The number of amides is 1. The van der Waals surface area contributed by atoms with E-state index in [0.717, 1.165) is 5.56 Å². The van der Waals surface area contributed by atoms with Gasteiger partial charge in [-0.05, 0) is 30.7 Å². The van der Waals surface area contributed by atoms with E-state index < -0.39 is 18.0 Å². The first-order valence-electron chi connectivity index (χ1n) is 8.08. The molecule has 0 radical (unpaired) electrons. The highest BCUT2D eigenvalue weighted by molar-refractivity contribution is 5.92. The minimum absolute atomic E-state index is 0.182. The largest absolute Gasteiger partial charge is 0.449 e. The first-order chi connectivity index (χ1) is 13.0. The minimum atomic E-state index is -1.01. The molecule has 0 spiro atoms. The van der Waals surface area contributed by atoms with E-state index in [0.29, 0.717) is 5.69 Å². The van der Waals surface area contributed by atoms with E-state index in [1.807, 2.05) is 0 Å². The molecule has 0 saturated carbocycles. The Hall–Kier alpha value is -3.62. The summed E-state index contributed by atoms with van der Waals surface area (Å²) in [5.74, 6) is -1.50. The molecular weight excluding hydrogens is 353 g/mol. The van der Waals surface area contributed by atoms with Gasteiger partial charge < -0.3 is 10.1 Å². The number of carbonyl (C=O) groups excluding carboxylic acids is 2. The molecule has 9 heteroatoms. The summed E-state index contributed by atoms with van der Waals surface area (Å²) in [6.45, 7) is 1.66. The van der Waals surface area contributed by atoms with Crippen LogP contribution in [0, 0.1) is 5.82 Å². The predicted molar refractivity (Wildman–Crippen MR) is 92.3 cm³/mol. The molecule has 3 rings (SSSR count). The van der Waals surface area contributed by atoms with E-state index in [1.54, 1.807) is 18.3 Å². The molecule has 2 aromatic heterocycles. The smallest absolute Gasteiger partial charge is 0.340 e. The lowest BCUT2D eigenvalue weighted by molar-refractivity contribution is -0.129. The second-order valence-corrected chi connectivity index (χ2v) is 5.67. The molecule has 2 heterocycles. The lowest BCUT2D eigenvalue weighted by atomic mass is 10.2. The zero-order valence-electron chi connectivity index (χ0n) is 14.4. The first-order valence-corrected chi connectivity index (χ1v) is 8.08. The van der Waals surface area contributed by atoms with Crippen LogP contribution < -0.4 is 5.32 Å². The van der Waals surface area contributed by atoms with Gasteiger partial charge in [-0.1, -0.05) is 17.3 Å². The van der Waals surface area contributed by atoms with Crippen LogP contribution in [-0.4, -0.2) is 38.0 Å². The number of halogens is 1. The number of benzene rings is 1. The van der Waals surface area contributed by atoms with Crippen LogP contribution in [0.1, 0.15) is 22.8 Å². The van der Waals surface area contributed by atoms with Gasteiger partial charge in [0.1, 0.15) is 5.82 Å². The van der Waals surface area contributed by atoms with Gasteiger partial charge in [-0.2, -0.15) is 0 Å². The Kier molecular flexibility index (Phi) is 5.50. The van der Waals surface area contributed by atoms with Gasteiger partial charge in [-0.3, -0.25) is 9.78 Å². The van der Waals surface area contributed by atoms with Crippen molar-refractivity contribution in [2.24, 2.45) is 0 Å². The van der Waals surface area contributed by atoms with Crippen LogP contribution in [0.25, 0.3) is 5.69 Å². The van der Waals surface area contributed by atoms with E-state index in [9.17, 15) is 14.0 Å². The molecule has 3 aromatic rings. The Morgan fingerprint density at radius 3 is 2.74 bits per heavy atom. The molecule has 138 valence electrons. The highest BCUT2D eigenvalue weighted by Crippen LogP contribution is 2.10. The van der Waals surface area contributed by atoms with Crippen molar-refractivity contribution in [1.82, 2.24) is 25.3 Å². The van der Waals surface area contributed by atoms with Gasteiger partial charge in [-0.15, -0.1) is 5.10 Å². The molecule has 1 atom stereocenters. The van der Waals surface area contributed by atoms with Gasteiger partial charge >= 0.3 is 5.97 Å². The summed E-state index contributed by atoms with van der Waals surface area (Å²) in [5, 5.41) is 10.1. The summed E-state index contributed by atoms with van der Waals surface area (Å²) < 4.78 is 19.5. The Labute approximate surface area is 154 Å². The van der Waals surface area contributed by atoms with Crippen LogP contribution in [0.5, 0.6) is 0 Å². The van der Waals surface area contributed by atoms with Crippen LogP contribution in [0.3, 0.4) is 0 Å². The van der Waals surface area contributed by atoms with Gasteiger partial charge in [0, 0.05) is 12.7 Å². The number of ether oxygens (including phenoxy) is 1. The summed E-state index contributed by atoms with van der Waals surface area (Å²) in [4.78, 5) is 28.3. The SMILES string of the molecule is CC(OC(=O)c1cncc(-n2ccnn2)c1)C(=O)NCc1ccc(F)cc1. The van der Waals surface area contributed by atoms with Crippen molar-refractivity contribution in [1.29, 1.82) is 0 Å². The third-order valence-corrected chi connectivity index (χ3v) is 3.68. The summed E-state index contributed by atoms with van der Waals surface area (Å²) in [6, 6.07) is 7.27. The average molecular weight is 369 g/mol. The number of nitrogens with one attached hydrogen (secondary N) is 1. The van der Waals surface area contributed by atoms with Crippen molar-refractivity contribution in [2.75, 3.05) is 0 Å². The molecule has 0 aliphatic rings. The van der Waals surface area contributed by atoms with Crippen molar-refractivity contribution in [3.05, 3.63) is 72.1 Å². The molecule has 1 unspecified atom stereocenters. The second-order valence-electron chi connectivity index (χ2n) is 5.67. The van der Waals surface area contributed by atoms with Crippen molar-refractivity contribution in [3.8, 4) is 5.69 Å². The zero-order chi connectivity index (χ0) is 19.2. The number of aromatic nitrogens is 4. The monoisotopic (exact) mass is 369 g/mol. The maximum Gasteiger partial charge on any atom is 0.340 e. The minimum Gasteiger partial charge on any atom is -0.449 e. The fourth-order valence-corrected chi connectivity index (χ4v) is 2.23. The number of pyridine rings is 1. The third kappa shape index (κ3) is 4.72. The highest BCUT2D eigenvalue weighted by Gasteiger charge is 2.19. The number of carbonyl (C=O) groups is 2. The first kappa shape index (κ1) is 18.2. The van der Waals surface area contributed by atoms with E-state index >= 15 is 0 Å². The Bertz CT molecular complexity index is 928. The number of nitrogens with zero attached hydrogens (tertiary/aromatic N) is 4. The fraction of sp³-hybridized carbons (Fsp3) is 0.167. The van der Waals surface area contributed by atoms with Crippen LogP contribution >= 0.6 is 0 Å². The quantitative estimate of drug-likeness (QED) is 0.664. The molecule has 8 nitrogen and oxygen atoms in total. The summed E-state index contributed by atoms with van der Waals surface area (Å²) in [6.07, 6.45) is 4.96. The van der Waals surface area contributed by atoms with Gasteiger partial charge in [0.2, 0.25) is 0 Å². The standard InChI is InChI=1S/C18H16FN5O3/c1-12(17(25)21-9-13-2-4-15(19)5-3-13)27-18(26)14-8-16(11-20-10-14)24-7-6-22-23-24/h2-8,10-12H,9H2,1H3,(H,21,25). The summed E-state index contributed by atoms with van der Waals surface area (Å²) in [5.41, 5.74) is 1.45. The van der Waals surface area contributed by atoms with Crippen molar-refractivity contribution < 1.29 is 18.7 Å². The van der Waals surface area contributed by atoms with E-state index in [2.05, 4.69) is 20.6 Å². The summed E-state index contributed by atoms with van der Waals surface area (Å²) in [7, 11) is 0. The van der Waals surface area contributed by atoms with Gasteiger partial charge in [0.15, 0.2) is 6.10 Å². The maximum absolute atomic E-state index is 12.9. The van der Waals surface area contributed by atoms with Crippen molar-refractivity contribution in [3.63, 3.8) is 0 Å². The summed E-state index contributed by atoms with van der Waals surface area (Å²) >= 11 is 0. The number of hydrogen-bond donors (Lipinski definition) is 1. The second kappa shape index (κ2) is 8.17. The number of rotatable bonds is 6. The Morgan fingerprint density at radius 1 is 1.26 bits per heavy atom. The number of esters is 1. The van der Waals surface area contributed by atoms with E-state index in [4.69, 9.17) is 4.74 Å². The molecule has 0 aliphatic heterocycles. The van der Waals surface area contributed by atoms with E-state index in [-0.39, 0.29) is 17.9 Å². The molecule has 0 saturated heterocycles. The molecule has 0 bridgehead atoms. The predicted octanol–water partition coefficient (Wildman–Crippen LogP) is 1.66. The van der Waals surface area contributed by atoms with Gasteiger partial charge in [0.05, 0.1) is 29.8 Å². The molecular formula is C18H16FN5O3. The van der Waals surface area contributed by atoms with Gasteiger partial charge in [-0.25, -0.2) is 13.9 Å². The number of hydrogen-bond acceptors (Lipinski definition) is 6. The Balaban J connectivity index is 1.57. The van der Waals surface area contributed by atoms with Crippen LogP contribution in [0.4, 0.5) is 4.39 Å². The van der Waals surface area contributed by atoms with Gasteiger partial charge in [0.25, 0.3) is 5.91 Å². The van der Waals surface area contributed by atoms with Crippen molar-refractivity contribution in [2.45, 2.75) is 19.6 Å². The topological polar surface area (TPSA) is 99.0 Å². The van der Waals surface area contributed by atoms with Crippen LogP contribution in [-0.2, 0) is 16.1 Å². The highest BCUT2D eigenvalue weighted by atomic mass is 19.1. The third-order valence-electron chi connectivity index (χ3n) is 3.68. The lowest BCUT2D eigenvalue weighted by Gasteiger charge is -2.14. The maximum atomic E-state index is 12.9. The molecule has 1 aromatic carbocycles. The van der Waals surface area contributed by atoms with Crippen LogP contribution in [0.2, 0.25) is 0 Å². The van der Waals surface area contributed by atoms with E-state index in [1.165, 1.54) is 48.4 Å². The molecule has 27 heavy (non-hydrogen) atoms. The van der Waals surface area contributed by atoms with Crippen LogP contribution in [0.15, 0.2) is 55.1 Å². The molecule has 0 aliphatic carbocycles. The molecule has 1 amide bonds. The molecule has 0 fully saturated rings. The zero-order valence-corrected chi connectivity index (χ0v) is 14.4.